The van der Waals surface area contributed by atoms with Gasteiger partial charge in [-0.2, -0.15) is 0 Å². The van der Waals surface area contributed by atoms with Crippen LogP contribution in [0, 0.1) is 10.1 Å². The average molecular weight is 381 g/mol. The number of halogens is 2. The molecule has 1 heterocycles. The van der Waals surface area contributed by atoms with Crippen LogP contribution in [-0.4, -0.2) is 17.0 Å². The summed E-state index contributed by atoms with van der Waals surface area (Å²) >= 11 is 13.4. The molecule has 0 radical (unpaired) electrons. The van der Waals surface area contributed by atoms with Gasteiger partial charge in [-0.05, 0) is 30.3 Å². The summed E-state index contributed by atoms with van der Waals surface area (Å²) in [5.41, 5.74) is 0.215. The minimum absolute atomic E-state index is 0.0964. The third kappa shape index (κ3) is 3.13. The lowest BCUT2D eigenvalue weighted by Gasteiger charge is -2.12. The van der Waals surface area contributed by atoms with Gasteiger partial charge in [0.1, 0.15) is 11.3 Å². The summed E-state index contributed by atoms with van der Waals surface area (Å²) in [5.74, 6) is 0.401. The molecule has 5 nitrogen and oxygen atoms in total. The van der Waals surface area contributed by atoms with Crippen LogP contribution in [0.3, 0.4) is 0 Å². The largest absolute Gasteiger partial charge is 0.495 e. The molecule has 122 valence electrons. The third-order valence-corrected chi connectivity index (χ3v) is 5.17. The van der Waals surface area contributed by atoms with E-state index in [1.54, 1.807) is 24.3 Å². The molecule has 0 aliphatic carbocycles. The van der Waals surface area contributed by atoms with Crippen molar-refractivity contribution in [3.8, 4) is 5.75 Å². The number of fused-ring (bicyclic) bond motifs is 1. The number of nitro groups is 1. The maximum absolute atomic E-state index is 11.3. The van der Waals surface area contributed by atoms with Gasteiger partial charge in [0, 0.05) is 16.5 Å². The quantitative estimate of drug-likeness (QED) is 0.434. The lowest BCUT2D eigenvalue weighted by molar-refractivity contribution is -0.383. The van der Waals surface area contributed by atoms with Crippen LogP contribution in [0.15, 0.2) is 52.4 Å². The number of non-ortho nitro benzene ring substituents is 1. The lowest BCUT2D eigenvalue weighted by atomic mass is 10.2. The summed E-state index contributed by atoms with van der Waals surface area (Å²) in [6, 6.07) is 10.1. The van der Waals surface area contributed by atoms with Crippen LogP contribution in [0.2, 0.25) is 10.0 Å². The molecule has 0 unspecified atom stereocenters. The van der Waals surface area contributed by atoms with Crippen LogP contribution in [-0.2, 0) is 0 Å². The van der Waals surface area contributed by atoms with Crippen LogP contribution in [0.1, 0.15) is 0 Å². The van der Waals surface area contributed by atoms with Crippen molar-refractivity contribution in [3.05, 3.63) is 62.8 Å². The van der Waals surface area contributed by atoms with Crippen LogP contribution in [0.5, 0.6) is 5.75 Å². The van der Waals surface area contributed by atoms with Crippen molar-refractivity contribution in [2.24, 2.45) is 0 Å². The highest BCUT2D eigenvalue weighted by atomic mass is 35.5. The van der Waals surface area contributed by atoms with Gasteiger partial charge in [-0.15, -0.1) is 0 Å². The number of nitro benzene ring substituents is 1. The van der Waals surface area contributed by atoms with Crippen LogP contribution >= 0.6 is 35.0 Å². The van der Waals surface area contributed by atoms with Gasteiger partial charge in [0.25, 0.3) is 5.69 Å². The van der Waals surface area contributed by atoms with Gasteiger partial charge >= 0.3 is 0 Å². The highest BCUT2D eigenvalue weighted by Gasteiger charge is 2.21. The molecule has 0 aliphatic heterocycles. The number of nitrogens with zero attached hydrogens (tertiary/aromatic N) is 2. The molecule has 0 amide bonds. The van der Waals surface area contributed by atoms with E-state index < -0.39 is 4.92 Å². The number of aromatic nitrogens is 1. The van der Waals surface area contributed by atoms with E-state index in [-0.39, 0.29) is 5.69 Å². The molecule has 3 rings (SSSR count). The van der Waals surface area contributed by atoms with E-state index in [2.05, 4.69) is 4.98 Å². The normalized spacial score (nSPS) is 10.8. The zero-order valence-electron chi connectivity index (χ0n) is 12.3. The molecule has 0 spiro atoms. The summed E-state index contributed by atoms with van der Waals surface area (Å²) in [5, 5.41) is 12.8. The molecular weight excluding hydrogens is 371 g/mol. The Morgan fingerprint density at radius 2 is 2.00 bits per heavy atom. The van der Waals surface area contributed by atoms with Gasteiger partial charge < -0.3 is 4.74 Å². The minimum atomic E-state index is -0.467. The van der Waals surface area contributed by atoms with Crippen molar-refractivity contribution in [1.29, 1.82) is 0 Å². The second kappa shape index (κ2) is 6.84. The molecule has 0 fully saturated rings. The Balaban J connectivity index is 2.21. The van der Waals surface area contributed by atoms with Gasteiger partial charge in [0.15, 0.2) is 0 Å². The molecule has 8 heteroatoms. The highest BCUT2D eigenvalue weighted by molar-refractivity contribution is 7.99. The van der Waals surface area contributed by atoms with Gasteiger partial charge in [0.2, 0.25) is 0 Å². The number of rotatable bonds is 4. The molecule has 0 saturated carbocycles. The van der Waals surface area contributed by atoms with Gasteiger partial charge in [0.05, 0.1) is 33.0 Å². The standard InChI is InChI=1S/C16H10Cl2N2O3S/c1-23-14-8-13(20(21)22)15-10(3-2-6-19-15)16(14)24-9-4-5-11(17)12(18)7-9/h2-8H,1H3. The number of pyridine rings is 1. The Kier molecular flexibility index (Phi) is 4.80. The number of benzene rings is 2. The van der Waals surface area contributed by atoms with Crippen molar-refractivity contribution >= 4 is 51.6 Å². The van der Waals surface area contributed by atoms with E-state index in [4.69, 9.17) is 27.9 Å². The number of methoxy groups -OCH3 is 1. The third-order valence-electron chi connectivity index (χ3n) is 3.31. The molecule has 3 aromatic rings. The molecule has 24 heavy (non-hydrogen) atoms. The van der Waals surface area contributed by atoms with Crippen molar-refractivity contribution in [2.45, 2.75) is 9.79 Å². The zero-order valence-corrected chi connectivity index (χ0v) is 14.7. The fourth-order valence-corrected chi connectivity index (χ4v) is 3.67. The lowest BCUT2D eigenvalue weighted by Crippen LogP contribution is -1.96. The van der Waals surface area contributed by atoms with Crippen molar-refractivity contribution in [2.75, 3.05) is 7.11 Å². The number of hydrogen-bond donors (Lipinski definition) is 0. The predicted octanol–water partition coefficient (Wildman–Crippen LogP) is 5.61. The second-order valence-corrected chi connectivity index (χ2v) is 6.66. The first-order valence-corrected chi connectivity index (χ1v) is 8.31. The fourth-order valence-electron chi connectivity index (χ4n) is 2.24. The van der Waals surface area contributed by atoms with E-state index in [1.807, 2.05) is 6.07 Å². The second-order valence-electron chi connectivity index (χ2n) is 4.76. The Morgan fingerprint density at radius 1 is 1.21 bits per heavy atom. The summed E-state index contributed by atoms with van der Waals surface area (Å²) in [7, 11) is 1.47. The molecule has 0 aliphatic rings. The Bertz CT molecular complexity index is 950. The molecule has 2 aromatic carbocycles. The fraction of sp³-hybridized carbons (Fsp3) is 0.0625. The average Bonchev–Trinajstić information content (AvgIpc) is 2.58. The molecule has 1 aromatic heterocycles. The molecule has 0 atom stereocenters. The maximum Gasteiger partial charge on any atom is 0.299 e. The zero-order chi connectivity index (χ0) is 17.3. The minimum Gasteiger partial charge on any atom is -0.495 e. The van der Waals surface area contributed by atoms with Crippen LogP contribution < -0.4 is 4.74 Å². The number of hydrogen-bond acceptors (Lipinski definition) is 5. The van der Waals surface area contributed by atoms with E-state index in [1.165, 1.54) is 31.1 Å². The molecule has 0 N–H and O–H groups in total. The SMILES string of the molecule is COc1cc([N+](=O)[O-])c2ncccc2c1Sc1ccc(Cl)c(Cl)c1. The summed E-state index contributed by atoms with van der Waals surface area (Å²) in [6.07, 6.45) is 1.52. The van der Waals surface area contributed by atoms with E-state index in [0.29, 0.717) is 26.7 Å². The van der Waals surface area contributed by atoms with Gasteiger partial charge in [-0.3, -0.25) is 10.1 Å². The summed E-state index contributed by atoms with van der Waals surface area (Å²) < 4.78 is 5.36. The highest BCUT2D eigenvalue weighted by Crippen LogP contribution is 2.44. The van der Waals surface area contributed by atoms with Crippen LogP contribution in [0.4, 0.5) is 5.69 Å². The van der Waals surface area contributed by atoms with E-state index >= 15 is 0 Å². The van der Waals surface area contributed by atoms with Crippen molar-refractivity contribution in [1.82, 2.24) is 4.98 Å². The van der Waals surface area contributed by atoms with Crippen molar-refractivity contribution < 1.29 is 9.66 Å². The predicted molar refractivity (Wildman–Crippen MR) is 95.5 cm³/mol. The first-order chi connectivity index (χ1) is 11.5. The van der Waals surface area contributed by atoms with Crippen LogP contribution in [0.25, 0.3) is 10.9 Å². The van der Waals surface area contributed by atoms with Gasteiger partial charge in [-0.25, -0.2) is 4.98 Å². The monoisotopic (exact) mass is 380 g/mol. The smallest absolute Gasteiger partial charge is 0.299 e. The van der Waals surface area contributed by atoms with E-state index in [0.717, 1.165) is 9.79 Å². The summed E-state index contributed by atoms with van der Waals surface area (Å²) in [6.45, 7) is 0. The first-order valence-electron chi connectivity index (χ1n) is 6.74. The molecule has 0 saturated heterocycles. The van der Waals surface area contributed by atoms with Crippen molar-refractivity contribution in [3.63, 3.8) is 0 Å². The Labute approximate surface area is 151 Å². The summed E-state index contributed by atoms with van der Waals surface area (Å²) in [4.78, 5) is 16.6. The number of ether oxygens (including phenoxy) is 1. The Morgan fingerprint density at radius 3 is 2.67 bits per heavy atom. The van der Waals surface area contributed by atoms with Gasteiger partial charge in [-0.1, -0.05) is 35.0 Å². The van der Waals surface area contributed by atoms with E-state index in [9.17, 15) is 10.1 Å². The first kappa shape index (κ1) is 16.8. The topological polar surface area (TPSA) is 65.3 Å². The molecule has 0 bridgehead atoms. The maximum atomic E-state index is 11.3. The Hall–Kier alpha value is -2.02. The molecular formula is C16H10Cl2N2O3S.